The predicted octanol–water partition coefficient (Wildman–Crippen LogP) is 2.54. The zero-order valence-corrected chi connectivity index (χ0v) is 15.0. The van der Waals surface area contributed by atoms with Crippen molar-refractivity contribution >= 4 is 35.1 Å². The van der Waals surface area contributed by atoms with Crippen LogP contribution in [0.5, 0.6) is 5.75 Å². The van der Waals surface area contributed by atoms with E-state index in [0.717, 1.165) is 0 Å². The van der Waals surface area contributed by atoms with E-state index in [4.69, 9.17) is 37.8 Å². The van der Waals surface area contributed by atoms with Gasteiger partial charge in [-0.2, -0.15) is 0 Å². The molecule has 0 aliphatic carbocycles. The fourth-order valence-corrected chi connectivity index (χ4v) is 2.37. The summed E-state index contributed by atoms with van der Waals surface area (Å²) in [5, 5.41) is 9.72. The molecule has 1 N–H and O–H groups in total. The van der Waals surface area contributed by atoms with E-state index in [0.29, 0.717) is 35.4 Å². The lowest BCUT2D eigenvalue weighted by atomic mass is 10.3. The molecule has 8 heteroatoms. The predicted molar refractivity (Wildman–Crippen MR) is 91.5 cm³/mol. The Labute approximate surface area is 151 Å². The van der Waals surface area contributed by atoms with E-state index >= 15 is 0 Å². The third-order valence-electron chi connectivity index (χ3n) is 3.08. The normalized spacial score (nSPS) is 10.3. The van der Waals surface area contributed by atoms with Crippen molar-refractivity contribution < 1.29 is 24.2 Å². The summed E-state index contributed by atoms with van der Waals surface area (Å²) in [7, 11) is 0. The molecule has 0 aliphatic heterocycles. The van der Waals surface area contributed by atoms with Gasteiger partial charge >= 0.3 is 5.97 Å². The highest BCUT2D eigenvalue weighted by molar-refractivity contribution is 6.35. The zero-order chi connectivity index (χ0) is 17.9. The molecule has 0 unspecified atom stereocenters. The molecule has 1 aromatic rings. The number of hydrogen-bond donors (Lipinski definition) is 1. The van der Waals surface area contributed by atoms with Crippen molar-refractivity contribution in [2.45, 2.75) is 19.8 Å². The van der Waals surface area contributed by atoms with Crippen LogP contribution in [-0.2, 0) is 14.3 Å². The van der Waals surface area contributed by atoms with Crippen LogP contribution in [0.25, 0.3) is 0 Å². The van der Waals surface area contributed by atoms with Crippen molar-refractivity contribution in [3.8, 4) is 5.75 Å². The van der Waals surface area contributed by atoms with E-state index in [2.05, 4.69) is 0 Å². The molecule has 0 atom stereocenters. The molecule has 0 fully saturated rings. The summed E-state index contributed by atoms with van der Waals surface area (Å²) in [5.41, 5.74) is 0. The van der Waals surface area contributed by atoms with Gasteiger partial charge in [-0.15, -0.1) is 0 Å². The second kappa shape index (κ2) is 11.1. The van der Waals surface area contributed by atoms with Crippen LogP contribution in [0.15, 0.2) is 18.2 Å². The molecular formula is C16H21Cl2NO5. The number of hydrogen-bond acceptors (Lipinski definition) is 5. The number of carbonyl (C=O) groups excluding carboxylic acids is 2. The molecule has 0 aliphatic rings. The first-order valence-corrected chi connectivity index (χ1v) is 8.35. The van der Waals surface area contributed by atoms with Crippen LogP contribution in [-0.4, -0.2) is 54.8 Å². The number of rotatable bonds is 10. The van der Waals surface area contributed by atoms with Gasteiger partial charge in [0.25, 0.3) is 5.91 Å². The fraction of sp³-hybridized carbons (Fsp3) is 0.500. The minimum atomic E-state index is -0.374. The minimum Gasteiger partial charge on any atom is -0.482 e. The lowest BCUT2D eigenvalue weighted by Gasteiger charge is -2.22. The maximum atomic E-state index is 12.3. The molecule has 1 amide bonds. The molecule has 0 heterocycles. The van der Waals surface area contributed by atoms with Crippen LogP contribution in [0, 0.1) is 0 Å². The number of aliphatic hydroxyl groups excluding tert-OH is 1. The van der Waals surface area contributed by atoms with Crippen molar-refractivity contribution in [1.82, 2.24) is 4.90 Å². The fourth-order valence-electron chi connectivity index (χ4n) is 1.91. The van der Waals surface area contributed by atoms with E-state index in [1.54, 1.807) is 19.1 Å². The van der Waals surface area contributed by atoms with E-state index < -0.39 is 0 Å². The Morgan fingerprint density at radius 1 is 1.25 bits per heavy atom. The van der Waals surface area contributed by atoms with Gasteiger partial charge in [0.1, 0.15) is 5.75 Å². The maximum Gasteiger partial charge on any atom is 0.307 e. The van der Waals surface area contributed by atoms with Crippen LogP contribution in [0.1, 0.15) is 19.8 Å². The highest BCUT2D eigenvalue weighted by Gasteiger charge is 2.16. The molecule has 134 valence electrons. The van der Waals surface area contributed by atoms with Gasteiger partial charge in [0, 0.05) is 24.7 Å². The molecule has 0 bridgehead atoms. The average molecular weight is 378 g/mol. The second-order valence-electron chi connectivity index (χ2n) is 4.88. The molecule has 0 radical (unpaired) electrons. The number of aliphatic hydroxyl groups is 1. The summed E-state index contributed by atoms with van der Waals surface area (Å²) in [6.07, 6.45) is 0.503. The second-order valence-corrected chi connectivity index (χ2v) is 5.72. The highest BCUT2D eigenvalue weighted by atomic mass is 35.5. The third-order valence-corrected chi connectivity index (χ3v) is 3.61. The number of nitrogens with zero attached hydrogens (tertiary/aromatic N) is 1. The number of esters is 1. The molecule has 24 heavy (non-hydrogen) atoms. The van der Waals surface area contributed by atoms with Gasteiger partial charge < -0.3 is 19.5 Å². The summed E-state index contributed by atoms with van der Waals surface area (Å²) in [6, 6.07) is 4.71. The maximum absolute atomic E-state index is 12.3. The molecule has 0 spiro atoms. The lowest BCUT2D eigenvalue weighted by molar-refractivity contribution is -0.144. The Morgan fingerprint density at radius 3 is 2.62 bits per heavy atom. The zero-order valence-electron chi connectivity index (χ0n) is 13.5. The van der Waals surface area contributed by atoms with E-state index in [1.807, 2.05) is 0 Å². The standard InChI is InChI=1S/C16H21Cl2NO5/c1-2-23-16(22)6-8-19(7-3-9-20)15(21)11-24-14-5-4-12(17)10-13(14)18/h4-5,10,20H,2-3,6-9,11H2,1H3. The Morgan fingerprint density at radius 2 is 2.00 bits per heavy atom. The molecule has 0 aromatic heterocycles. The van der Waals surface area contributed by atoms with Crippen molar-refractivity contribution in [1.29, 1.82) is 0 Å². The van der Waals surface area contributed by atoms with Gasteiger partial charge in [-0.3, -0.25) is 9.59 Å². The van der Waals surface area contributed by atoms with E-state index in [9.17, 15) is 9.59 Å². The van der Waals surface area contributed by atoms with Crippen molar-refractivity contribution in [3.05, 3.63) is 28.2 Å². The third kappa shape index (κ3) is 7.38. The first kappa shape index (κ1) is 20.5. The van der Waals surface area contributed by atoms with Crippen molar-refractivity contribution in [3.63, 3.8) is 0 Å². The number of carbonyl (C=O) groups is 2. The number of halogens is 2. The Kier molecular flexibility index (Phi) is 9.52. The molecule has 1 rings (SSSR count). The van der Waals surface area contributed by atoms with Crippen molar-refractivity contribution in [2.75, 3.05) is 32.9 Å². The minimum absolute atomic E-state index is 0.0486. The largest absolute Gasteiger partial charge is 0.482 e. The van der Waals surface area contributed by atoms with E-state index in [-0.39, 0.29) is 38.1 Å². The van der Waals surface area contributed by atoms with E-state index in [1.165, 1.54) is 11.0 Å². The summed E-state index contributed by atoms with van der Waals surface area (Å²) >= 11 is 11.8. The van der Waals surface area contributed by atoms with Gasteiger partial charge in [0.2, 0.25) is 0 Å². The SMILES string of the molecule is CCOC(=O)CCN(CCCO)C(=O)COc1ccc(Cl)cc1Cl. The van der Waals surface area contributed by atoms with Gasteiger partial charge in [-0.05, 0) is 31.5 Å². The van der Waals surface area contributed by atoms with Gasteiger partial charge in [0.15, 0.2) is 6.61 Å². The van der Waals surface area contributed by atoms with Gasteiger partial charge in [-0.25, -0.2) is 0 Å². The number of benzene rings is 1. The molecule has 6 nitrogen and oxygen atoms in total. The Bertz CT molecular complexity index is 553. The monoisotopic (exact) mass is 377 g/mol. The van der Waals surface area contributed by atoms with Crippen LogP contribution >= 0.6 is 23.2 Å². The molecule has 1 aromatic carbocycles. The van der Waals surface area contributed by atoms with Crippen LogP contribution < -0.4 is 4.74 Å². The number of ether oxygens (including phenoxy) is 2. The quantitative estimate of drug-likeness (QED) is 0.634. The Balaban J connectivity index is 2.57. The van der Waals surface area contributed by atoms with Crippen molar-refractivity contribution in [2.24, 2.45) is 0 Å². The first-order chi connectivity index (χ1) is 11.5. The smallest absolute Gasteiger partial charge is 0.307 e. The highest BCUT2D eigenvalue weighted by Crippen LogP contribution is 2.27. The summed E-state index contributed by atoms with van der Waals surface area (Å²) in [4.78, 5) is 25.2. The van der Waals surface area contributed by atoms with Crippen LogP contribution in [0.4, 0.5) is 0 Å². The Hall–Kier alpha value is -1.50. The molecular weight excluding hydrogens is 357 g/mol. The lowest BCUT2D eigenvalue weighted by Crippen LogP contribution is -2.37. The number of amides is 1. The summed E-state index contributed by atoms with van der Waals surface area (Å²) in [5.74, 6) is -0.332. The molecule has 0 saturated carbocycles. The van der Waals surface area contributed by atoms with Crippen LogP contribution in [0.2, 0.25) is 10.0 Å². The summed E-state index contributed by atoms with van der Waals surface area (Å²) < 4.78 is 10.3. The molecule has 0 saturated heterocycles. The topological polar surface area (TPSA) is 76.1 Å². The average Bonchev–Trinajstić information content (AvgIpc) is 2.54. The first-order valence-electron chi connectivity index (χ1n) is 7.60. The van der Waals surface area contributed by atoms with Gasteiger partial charge in [-0.1, -0.05) is 23.2 Å². The van der Waals surface area contributed by atoms with Gasteiger partial charge in [0.05, 0.1) is 18.1 Å². The van der Waals surface area contributed by atoms with Crippen LogP contribution in [0.3, 0.4) is 0 Å². The summed E-state index contributed by atoms with van der Waals surface area (Å²) in [6.45, 7) is 2.27.